The Kier molecular flexibility index (Phi) is 13.5. The van der Waals surface area contributed by atoms with Gasteiger partial charge < -0.3 is 15.0 Å². The lowest BCUT2D eigenvalue weighted by Gasteiger charge is -2.18. The molecule has 4 nitrogen and oxygen atoms in total. The highest BCUT2D eigenvalue weighted by Crippen LogP contribution is 1.94. The quantitative estimate of drug-likeness (QED) is 0.764. The molecule has 98 valence electrons. The number of amides is 1. The Morgan fingerprint density at radius 3 is 2.38 bits per heavy atom. The second-order valence-corrected chi connectivity index (χ2v) is 3.82. The Bertz CT molecular complexity index is 161. The normalized spacial score (nSPS) is 9.75. The molecule has 0 aromatic heterocycles. The molecule has 0 radical (unpaired) electrons. The fraction of sp³-hybridized carbons (Fsp3) is 0.917. The second kappa shape index (κ2) is 12.3. The first kappa shape index (κ1) is 17.6. The van der Waals surface area contributed by atoms with E-state index in [1.54, 1.807) is 0 Å². The van der Waals surface area contributed by atoms with Crippen molar-refractivity contribution in [3.05, 3.63) is 0 Å². The highest BCUT2D eigenvalue weighted by atomic mass is 16.5. The summed E-state index contributed by atoms with van der Waals surface area (Å²) in [6, 6.07) is 0. The molecule has 0 bridgehead atoms. The third kappa shape index (κ3) is 13.2. The Morgan fingerprint density at radius 2 is 1.94 bits per heavy atom. The smallest absolute Gasteiger partial charge is 0.407 e. The van der Waals surface area contributed by atoms with E-state index in [4.69, 9.17) is 4.74 Å². The monoisotopic (exact) mass is 232 g/mol. The van der Waals surface area contributed by atoms with Crippen LogP contribution in [0, 0.1) is 5.92 Å². The van der Waals surface area contributed by atoms with Crippen molar-refractivity contribution in [2.75, 3.05) is 33.3 Å². The molecule has 0 aromatic carbocycles. The summed E-state index contributed by atoms with van der Waals surface area (Å²) in [4.78, 5) is 13.1. The number of rotatable bonds is 6. The zero-order valence-electron chi connectivity index (χ0n) is 11.7. The van der Waals surface area contributed by atoms with E-state index in [-0.39, 0.29) is 6.09 Å². The fourth-order valence-corrected chi connectivity index (χ4v) is 1.20. The van der Waals surface area contributed by atoms with Gasteiger partial charge in [0, 0.05) is 19.6 Å². The van der Waals surface area contributed by atoms with Gasteiger partial charge in [-0.1, -0.05) is 27.7 Å². The molecule has 0 saturated heterocycles. The third-order valence-corrected chi connectivity index (χ3v) is 1.70. The molecule has 0 aliphatic carbocycles. The summed E-state index contributed by atoms with van der Waals surface area (Å²) in [6.07, 6.45) is -0.328. The van der Waals surface area contributed by atoms with Crippen LogP contribution in [0.2, 0.25) is 0 Å². The summed E-state index contributed by atoms with van der Waals surface area (Å²) in [7, 11) is 2.03. The van der Waals surface area contributed by atoms with Crippen molar-refractivity contribution in [2.45, 2.75) is 34.6 Å². The van der Waals surface area contributed by atoms with E-state index in [0.717, 1.165) is 13.1 Å². The average molecular weight is 232 g/mol. The number of hydrogen-bond acceptors (Lipinski definition) is 3. The van der Waals surface area contributed by atoms with Crippen molar-refractivity contribution in [2.24, 2.45) is 5.92 Å². The first-order valence-electron chi connectivity index (χ1n) is 6.15. The van der Waals surface area contributed by atoms with E-state index in [2.05, 4.69) is 24.1 Å². The molecule has 0 aromatic rings. The van der Waals surface area contributed by atoms with Gasteiger partial charge in [-0.05, 0) is 19.9 Å². The van der Waals surface area contributed by atoms with E-state index in [1.165, 1.54) is 0 Å². The highest BCUT2D eigenvalue weighted by molar-refractivity contribution is 5.66. The van der Waals surface area contributed by atoms with Crippen molar-refractivity contribution in [3.63, 3.8) is 0 Å². The maximum Gasteiger partial charge on any atom is 0.407 e. The SMILES string of the molecule is CC.CCNC(=O)OCCN(C)CC(C)C. The minimum absolute atomic E-state index is 0.328. The number of hydrogen-bond donors (Lipinski definition) is 1. The molecule has 0 unspecified atom stereocenters. The Morgan fingerprint density at radius 1 is 1.38 bits per heavy atom. The van der Waals surface area contributed by atoms with Crippen molar-refractivity contribution in [3.8, 4) is 0 Å². The fourth-order valence-electron chi connectivity index (χ4n) is 1.20. The summed E-state index contributed by atoms with van der Waals surface area (Å²) < 4.78 is 4.94. The second-order valence-electron chi connectivity index (χ2n) is 3.82. The number of carbonyl (C=O) groups excluding carboxylic acids is 1. The van der Waals surface area contributed by atoms with Crippen LogP contribution in [-0.4, -0.2) is 44.3 Å². The van der Waals surface area contributed by atoms with Crippen molar-refractivity contribution in [1.29, 1.82) is 0 Å². The number of carbonyl (C=O) groups is 1. The first-order valence-corrected chi connectivity index (χ1v) is 6.15. The number of ether oxygens (including phenoxy) is 1. The summed E-state index contributed by atoms with van der Waals surface area (Å²) in [5.74, 6) is 0.643. The summed E-state index contributed by atoms with van der Waals surface area (Å²) in [6.45, 7) is 13.1. The van der Waals surface area contributed by atoms with Crippen LogP contribution in [0.4, 0.5) is 4.79 Å². The summed E-state index contributed by atoms with van der Waals surface area (Å²) in [5.41, 5.74) is 0. The molecule has 0 rings (SSSR count). The molecule has 1 N–H and O–H groups in total. The van der Waals surface area contributed by atoms with Gasteiger partial charge in [-0.2, -0.15) is 0 Å². The Hall–Kier alpha value is -0.770. The van der Waals surface area contributed by atoms with Gasteiger partial charge in [-0.15, -0.1) is 0 Å². The van der Waals surface area contributed by atoms with Gasteiger partial charge in [0.05, 0.1) is 0 Å². The Labute approximate surface area is 100 Å². The zero-order chi connectivity index (χ0) is 13.0. The molecular weight excluding hydrogens is 204 g/mol. The van der Waals surface area contributed by atoms with Gasteiger partial charge in [0.2, 0.25) is 0 Å². The largest absolute Gasteiger partial charge is 0.448 e. The maximum absolute atomic E-state index is 10.9. The first-order chi connectivity index (χ1) is 7.56. The average Bonchev–Trinajstić information content (AvgIpc) is 2.20. The van der Waals surface area contributed by atoms with Crippen LogP contribution < -0.4 is 5.32 Å². The van der Waals surface area contributed by atoms with Gasteiger partial charge in [0.25, 0.3) is 0 Å². The minimum Gasteiger partial charge on any atom is -0.448 e. The van der Waals surface area contributed by atoms with Gasteiger partial charge in [0.15, 0.2) is 0 Å². The molecular formula is C12H28N2O2. The van der Waals surface area contributed by atoms with E-state index in [0.29, 0.717) is 19.1 Å². The zero-order valence-corrected chi connectivity index (χ0v) is 11.7. The van der Waals surface area contributed by atoms with Crippen molar-refractivity contribution < 1.29 is 9.53 Å². The molecule has 16 heavy (non-hydrogen) atoms. The predicted octanol–water partition coefficient (Wildman–Crippen LogP) is 2.35. The molecule has 0 spiro atoms. The van der Waals surface area contributed by atoms with Crippen molar-refractivity contribution in [1.82, 2.24) is 10.2 Å². The minimum atomic E-state index is -0.328. The van der Waals surface area contributed by atoms with Crippen LogP contribution in [0.25, 0.3) is 0 Å². The van der Waals surface area contributed by atoms with Gasteiger partial charge in [-0.25, -0.2) is 4.79 Å². The standard InChI is InChI=1S/C10H22N2O2.C2H6/c1-5-11-10(13)14-7-6-12(4)8-9(2)3;1-2/h9H,5-8H2,1-4H3,(H,11,13);1-2H3. The third-order valence-electron chi connectivity index (χ3n) is 1.70. The number of nitrogens with zero attached hydrogens (tertiary/aromatic N) is 1. The molecule has 4 heteroatoms. The predicted molar refractivity (Wildman–Crippen MR) is 68.7 cm³/mol. The lowest BCUT2D eigenvalue weighted by Crippen LogP contribution is -2.30. The lowest BCUT2D eigenvalue weighted by molar-refractivity contribution is 0.131. The summed E-state index contributed by atoms with van der Waals surface area (Å²) >= 11 is 0. The summed E-state index contributed by atoms with van der Waals surface area (Å²) in [5, 5.41) is 2.58. The van der Waals surface area contributed by atoms with Gasteiger partial charge in [0.1, 0.15) is 6.61 Å². The number of alkyl carbamates (subject to hydrolysis) is 1. The molecule has 0 fully saturated rings. The van der Waals surface area contributed by atoms with E-state index in [9.17, 15) is 4.79 Å². The molecule has 0 saturated carbocycles. The molecule has 0 heterocycles. The van der Waals surface area contributed by atoms with Crippen LogP contribution >= 0.6 is 0 Å². The topological polar surface area (TPSA) is 41.6 Å². The van der Waals surface area contributed by atoms with Gasteiger partial charge >= 0.3 is 6.09 Å². The molecule has 0 aliphatic heterocycles. The van der Waals surface area contributed by atoms with Crippen LogP contribution in [0.1, 0.15) is 34.6 Å². The van der Waals surface area contributed by atoms with E-state index in [1.807, 2.05) is 27.8 Å². The number of nitrogens with one attached hydrogen (secondary N) is 1. The van der Waals surface area contributed by atoms with E-state index >= 15 is 0 Å². The lowest BCUT2D eigenvalue weighted by atomic mass is 10.2. The number of likely N-dealkylation sites (N-methyl/N-ethyl adjacent to an activating group) is 1. The van der Waals surface area contributed by atoms with Crippen LogP contribution in [0.3, 0.4) is 0 Å². The molecule has 0 atom stereocenters. The van der Waals surface area contributed by atoms with E-state index < -0.39 is 0 Å². The van der Waals surface area contributed by atoms with Crippen molar-refractivity contribution >= 4 is 6.09 Å². The molecule has 1 amide bonds. The maximum atomic E-state index is 10.9. The van der Waals surface area contributed by atoms with Gasteiger partial charge in [-0.3, -0.25) is 0 Å². The highest BCUT2D eigenvalue weighted by Gasteiger charge is 2.03. The van der Waals surface area contributed by atoms with Crippen LogP contribution in [-0.2, 0) is 4.74 Å². The Balaban J connectivity index is 0. The van der Waals surface area contributed by atoms with Crippen LogP contribution in [0.5, 0.6) is 0 Å². The molecule has 0 aliphatic rings. The van der Waals surface area contributed by atoms with Crippen LogP contribution in [0.15, 0.2) is 0 Å².